The molecule has 3 unspecified atom stereocenters. The summed E-state index contributed by atoms with van der Waals surface area (Å²) in [6.07, 6.45) is -5.30. The average molecular weight is 853 g/mol. The van der Waals surface area contributed by atoms with E-state index in [2.05, 4.69) is 32.7 Å². The number of alkyl halides is 5. The fourth-order valence-corrected chi connectivity index (χ4v) is 8.36. The Bertz CT molecular complexity index is 2600. The van der Waals surface area contributed by atoms with Crippen LogP contribution in [-0.2, 0) is 41.6 Å². The highest BCUT2D eigenvalue weighted by atomic mass is 19.4. The summed E-state index contributed by atoms with van der Waals surface area (Å²) < 4.78 is 111. The van der Waals surface area contributed by atoms with E-state index < -0.39 is 82.6 Å². The monoisotopic (exact) mass is 852 g/mol. The topological polar surface area (TPSA) is 139 Å². The van der Waals surface area contributed by atoms with E-state index in [9.17, 15) is 36.6 Å². The Morgan fingerprint density at radius 1 is 1.02 bits per heavy atom. The number of anilines is 1. The molecule has 2 aliphatic carbocycles. The highest BCUT2D eigenvalue weighted by molar-refractivity contribution is 6.04. The van der Waals surface area contributed by atoms with Gasteiger partial charge in [0.1, 0.15) is 35.2 Å². The molecular weight excluding hydrogens is 814 g/mol. The molecule has 1 saturated heterocycles. The predicted molar refractivity (Wildman–Crippen MR) is 206 cm³/mol. The van der Waals surface area contributed by atoms with Gasteiger partial charge in [-0.2, -0.15) is 32.1 Å². The molecule has 2 aromatic carbocycles. The molecule has 0 bridgehead atoms. The lowest BCUT2D eigenvalue weighted by molar-refractivity contribution is -0.144. The van der Waals surface area contributed by atoms with Gasteiger partial charge in [0.15, 0.2) is 11.5 Å². The second-order valence-electron chi connectivity index (χ2n) is 15.9. The molecule has 3 amide bonds. The number of para-hydroxylation sites is 1. The van der Waals surface area contributed by atoms with Gasteiger partial charge in [0.05, 0.1) is 30.5 Å². The van der Waals surface area contributed by atoms with Crippen molar-refractivity contribution in [3.8, 4) is 23.0 Å². The van der Waals surface area contributed by atoms with E-state index in [0.29, 0.717) is 59.1 Å². The minimum absolute atomic E-state index is 0.00834. The third-order valence-electron chi connectivity index (χ3n) is 11.1. The minimum Gasteiger partial charge on any atom is -0.378 e. The normalized spacial score (nSPS) is 18.8. The summed E-state index contributed by atoms with van der Waals surface area (Å²) in [7, 11) is 1.64. The predicted octanol–water partition coefficient (Wildman–Crippen LogP) is 6.81. The summed E-state index contributed by atoms with van der Waals surface area (Å²) in [6, 6.07) is 9.25. The molecule has 1 aliphatic heterocycles. The lowest BCUT2D eigenvalue weighted by atomic mass is 9.73. The van der Waals surface area contributed by atoms with Crippen LogP contribution in [0, 0.1) is 29.4 Å². The second kappa shape index (κ2) is 15.5. The first-order chi connectivity index (χ1) is 28.8. The van der Waals surface area contributed by atoms with Crippen molar-refractivity contribution >= 4 is 28.7 Å². The van der Waals surface area contributed by atoms with Crippen LogP contribution in [0.5, 0.6) is 0 Å². The first-order valence-corrected chi connectivity index (χ1v) is 19.4. The number of nitrogens with zero attached hydrogens (tertiary/aromatic N) is 6. The lowest BCUT2D eigenvalue weighted by Crippen LogP contribution is -2.43. The molecular formula is C42H39F7N8O4. The number of rotatable bonds is 8. The van der Waals surface area contributed by atoms with Gasteiger partial charge in [-0.05, 0) is 80.8 Å². The molecule has 3 atom stereocenters. The first kappa shape index (κ1) is 41.7. The largest absolute Gasteiger partial charge is 0.435 e. The van der Waals surface area contributed by atoms with Crippen LogP contribution < -0.4 is 10.6 Å². The number of urea groups is 1. The number of morpholine rings is 1. The van der Waals surface area contributed by atoms with Gasteiger partial charge >= 0.3 is 12.2 Å². The van der Waals surface area contributed by atoms with Crippen molar-refractivity contribution in [1.29, 1.82) is 0 Å². The Kier molecular flexibility index (Phi) is 10.6. The second-order valence-corrected chi connectivity index (χ2v) is 15.9. The Labute approximate surface area is 344 Å². The smallest absolute Gasteiger partial charge is 0.378 e. The fraction of sp³-hybridized carbons (Fsp3) is 0.405. The van der Waals surface area contributed by atoms with Gasteiger partial charge < -0.3 is 20.1 Å². The standard InChI is InChI=1S/C42H39F7N8O4/c1-40(2,60)12-11-25-7-8-26(27-5-4-6-29-35(27)55(3)54-38(29)52-39(59)56-13-15-61-16-14-56)34(50-25)31(19-22-17-23(43)20-24(44)18-22)51-32(58)21-57-37-33(36(53-57)42(47,48)49)28-9-10-30(28)41(37,45)46/h4-8,17-18,20,28,30-31,60H,9-10,13-16,19,21H2,1-3H3,(H,51,58)(H,52,54,59). The number of hydrogen-bond acceptors (Lipinski definition) is 7. The lowest BCUT2D eigenvalue weighted by Gasteiger charge is -2.34. The van der Waals surface area contributed by atoms with Crippen molar-refractivity contribution in [2.45, 2.75) is 69.3 Å². The number of nitrogens with one attached hydrogen (secondary N) is 2. The van der Waals surface area contributed by atoms with Crippen LogP contribution in [0.3, 0.4) is 0 Å². The van der Waals surface area contributed by atoms with Crippen LogP contribution in [-0.4, -0.2) is 78.4 Å². The van der Waals surface area contributed by atoms with Gasteiger partial charge in [-0.1, -0.05) is 18.1 Å². The molecule has 3 aliphatic rings. The molecule has 320 valence electrons. The van der Waals surface area contributed by atoms with E-state index in [1.54, 1.807) is 36.2 Å². The molecule has 61 heavy (non-hydrogen) atoms. The molecule has 1 saturated carbocycles. The summed E-state index contributed by atoms with van der Waals surface area (Å²) in [5, 5.41) is 24.5. The Balaban J connectivity index is 1.24. The molecule has 19 heteroatoms. The van der Waals surface area contributed by atoms with Gasteiger partial charge in [-0.15, -0.1) is 0 Å². The number of fused-ring (bicyclic) bond motifs is 4. The number of pyridine rings is 1. The number of aryl methyl sites for hydroxylation is 1. The quantitative estimate of drug-likeness (QED) is 0.115. The van der Waals surface area contributed by atoms with Crippen LogP contribution in [0.2, 0.25) is 0 Å². The highest BCUT2D eigenvalue weighted by Gasteiger charge is 2.63. The van der Waals surface area contributed by atoms with Gasteiger partial charge in [0, 0.05) is 54.2 Å². The summed E-state index contributed by atoms with van der Waals surface area (Å²) in [5.74, 6) is -3.35. The van der Waals surface area contributed by atoms with Crippen LogP contribution in [0.15, 0.2) is 48.5 Å². The van der Waals surface area contributed by atoms with Crippen LogP contribution in [0.25, 0.3) is 22.0 Å². The number of halogens is 7. The van der Waals surface area contributed by atoms with Gasteiger partial charge in [-0.3, -0.25) is 19.5 Å². The number of benzene rings is 2. The van der Waals surface area contributed by atoms with Crippen LogP contribution in [0.4, 0.5) is 41.3 Å². The third kappa shape index (κ3) is 8.13. The van der Waals surface area contributed by atoms with Crippen molar-refractivity contribution in [3.05, 3.63) is 94.1 Å². The number of aromatic nitrogens is 5. The van der Waals surface area contributed by atoms with E-state index >= 15 is 8.78 Å². The van der Waals surface area contributed by atoms with Crippen molar-refractivity contribution in [2.24, 2.45) is 13.0 Å². The zero-order chi connectivity index (χ0) is 43.6. The summed E-state index contributed by atoms with van der Waals surface area (Å²) in [4.78, 5) is 33.6. The van der Waals surface area contributed by atoms with Crippen LogP contribution in [0.1, 0.15) is 72.6 Å². The average Bonchev–Trinajstić information content (AvgIpc) is 3.74. The maximum atomic E-state index is 15.7. The Morgan fingerprint density at radius 3 is 2.39 bits per heavy atom. The number of hydrogen-bond donors (Lipinski definition) is 3. The van der Waals surface area contributed by atoms with Crippen molar-refractivity contribution < 1.29 is 50.2 Å². The molecule has 0 spiro atoms. The van der Waals surface area contributed by atoms with Crippen molar-refractivity contribution in [2.75, 3.05) is 31.6 Å². The molecule has 3 N–H and O–H groups in total. The molecule has 2 fully saturated rings. The molecule has 4 heterocycles. The van der Waals surface area contributed by atoms with E-state index in [0.717, 1.165) is 12.1 Å². The number of ether oxygens (including phenoxy) is 1. The number of carbonyl (C=O) groups excluding carboxylic acids is 2. The van der Waals surface area contributed by atoms with E-state index in [4.69, 9.17) is 9.72 Å². The van der Waals surface area contributed by atoms with Gasteiger partial charge in [0.2, 0.25) is 5.91 Å². The molecule has 8 rings (SSSR count). The number of carbonyl (C=O) groups is 2. The Hall–Kier alpha value is -6.00. The molecule has 12 nitrogen and oxygen atoms in total. The minimum atomic E-state index is -5.07. The van der Waals surface area contributed by atoms with E-state index in [-0.39, 0.29) is 42.0 Å². The third-order valence-corrected chi connectivity index (χ3v) is 11.1. The maximum Gasteiger partial charge on any atom is 0.435 e. The van der Waals surface area contributed by atoms with Crippen molar-refractivity contribution in [1.82, 2.24) is 34.8 Å². The summed E-state index contributed by atoms with van der Waals surface area (Å²) in [5.41, 5.74) is -3.04. The fourth-order valence-electron chi connectivity index (χ4n) is 8.36. The molecule has 0 radical (unpaired) electrons. The van der Waals surface area contributed by atoms with E-state index in [1.165, 1.54) is 24.6 Å². The SMILES string of the molecule is Cn1nc(NC(=O)N2CCOCC2)c2cccc(-c3ccc(C#CC(C)(C)O)nc3C(Cc3cc(F)cc(F)c3)NC(=O)Cn3nc(C(F)(F)F)c4c3C(F)(F)C3CCC43)c21. The zero-order valence-corrected chi connectivity index (χ0v) is 33.0. The van der Waals surface area contributed by atoms with Gasteiger partial charge in [0.25, 0.3) is 5.92 Å². The number of amides is 3. The first-order valence-electron chi connectivity index (χ1n) is 19.4. The summed E-state index contributed by atoms with van der Waals surface area (Å²) >= 11 is 0. The number of aliphatic hydroxyl groups is 1. The van der Waals surface area contributed by atoms with Crippen molar-refractivity contribution in [3.63, 3.8) is 0 Å². The maximum absolute atomic E-state index is 15.7. The highest BCUT2D eigenvalue weighted by Crippen LogP contribution is 2.64. The molecule has 3 aromatic heterocycles. The van der Waals surface area contributed by atoms with Crippen LogP contribution >= 0.6 is 0 Å². The Morgan fingerprint density at radius 2 is 1.74 bits per heavy atom. The molecule has 5 aromatic rings. The zero-order valence-electron chi connectivity index (χ0n) is 33.0. The van der Waals surface area contributed by atoms with Gasteiger partial charge in [-0.25, -0.2) is 18.6 Å². The summed E-state index contributed by atoms with van der Waals surface area (Å²) in [6.45, 7) is 3.33. The van der Waals surface area contributed by atoms with E-state index in [1.807, 2.05) is 0 Å².